The molecule has 2 aromatic heterocycles. The van der Waals surface area contributed by atoms with Crippen molar-refractivity contribution in [3.8, 4) is 5.75 Å². The summed E-state index contributed by atoms with van der Waals surface area (Å²) >= 11 is 1.09. The van der Waals surface area contributed by atoms with Crippen LogP contribution in [0, 0.1) is 20.8 Å². The van der Waals surface area contributed by atoms with Crippen LogP contribution in [0.15, 0.2) is 22.8 Å². The van der Waals surface area contributed by atoms with Crippen molar-refractivity contribution in [1.29, 1.82) is 0 Å². The van der Waals surface area contributed by atoms with Crippen LogP contribution in [-0.2, 0) is 9.53 Å². The number of allylic oxidation sites excluding steroid dienone is 1. The van der Waals surface area contributed by atoms with Crippen molar-refractivity contribution in [1.82, 2.24) is 4.98 Å². The van der Waals surface area contributed by atoms with E-state index in [1.165, 1.54) is 6.08 Å². The third kappa shape index (κ3) is 4.64. The second-order valence-corrected chi connectivity index (χ2v) is 8.08. The van der Waals surface area contributed by atoms with E-state index < -0.39 is 5.97 Å². The Morgan fingerprint density at radius 1 is 1.23 bits per heavy atom. The van der Waals surface area contributed by atoms with E-state index in [0.29, 0.717) is 28.1 Å². The zero-order valence-corrected chi connectivity index (χ0v) is 19.4. The van der Waals surface area contributed by atoms with Gasteiger partial charge in [-0.05, 0) is 58.7 Å². The van der Waals surface area contributed by atoms with Crippen LogP contribution >= 0.6 is 11.3 Å². The quantitative estimate of drug-likeness (QED) is 0.387. The van der Waals surface area contributed by atoms with Crippen molar-refractivity contribution in [2.24, 2.45) is 0 Å². The first-order valence-electron chi connectivity index (χ1n) is 10.0. The third-order valence-electron chi connectivity index (χ3n) is 4.79. The van der Waals surface area contributed by atoms with E-state index in [1.807, 2.05) is 33.8 Å². The number of nitrogens with one attached hydrogen (secondary N) is 1. The fourth-order valence-corrected chi connectivity index (χ4v) is 4.18. The number of fused-ring (bicyclic) bond motifs is 1. The SMILES string of the molecule is CCOC(=O)c1sc(NC(=O)/C=C(\C)c2cc3c(C)coc3c(C)c2OCC)nc1C. The topological polar surface area (TPSA) is 90.7 Å². The van der Waals surface area contributed by atoms with Crippen molar-refractivity contribution in [2.45, 2.75) is 41.5 Å². The number of hydrogen-bond acceptors (Lipinski definition) is 7. The molecule has 0 radical (unpaired) electrons. The van der Waals surface area contributed by atoms with Crippen molar-refractivity contribution < 1.29 is 23.5 Å². The Hall–Kier alpha value is -3.13. The predicted octanol–water partition coefficient (Wildman–Crippen LogP) is 5.43. The lowest BCUT2D eigenvalue weighted by Crippen LogP contribution is -2.08. The first-order valence-corrected chi connectivity index (χ1v) is 10.9. The van der Waals surface area contributed by atoms with Crippen molar-refractivity contribution in [3.05, 3.63) is 45.7 Å². The fourth-order valence-electron chi connectivity index (χ4n) is 3.31. The minimum absolute atomic E-state index is 0.280. The van der Waals surface area contributed by atoms with E-state index in [-0.39, 0.29) is 12.5 Å². The molecule has 7 nitrogen and oxygen atoms in total. The van der Waals surface area contributed by atoms with Crippen LogP contribution in [0.4, 0.5) is 5.13 Å². The van der Waals surface area contributed by atoms with Gasteiger partial charge in [-0.15, -0.1) is 0 Å². The second-order valence-electron chi connectivity index (χ2n) is 7.08. The summed E-state index contributed by atoms with van der Waals surface area (Å²) in [6.07, 6.45) is 3.22. The van der Waals surface area contributed by atoms with Gasteiger partial charge in [0.05, 0.1) is 25.2 Å². The number of carbonyl (C=O) groups excluding carboxylic acids is 2. The van der Waals surface area contributed by atoms with E-state index >= 15 is 0 Å². The summed E-state index contributed by atoms with van der Waals surface area (Å²) < 4.78 is 16.6. The molecule has 0 atom stereocenters. The normalized spacial score (nSPS) is 11.6. The average Bonchev–Trinajstić information content (AvgIpc) is 3.26. The van der Waals surface area contributed by atoms with E-state index in [2.05, 4.69) is 10.3 Å². The number of carbonyl (C=O) groups is 2. The van der Waals surface area contributed by atoms with Crippen LogP contribution in [0.25, 0.3) is 16.5 Å². The molecule has 0 unspecified atom stereocenters. The van der Waals surface area contributed by atoms with Crippen LogP contribution in [0.3, 0.4) is 0 Å². The third-order valence-corrected chi connectivity index (χ3v) is 5.84. The minimum Gasteiger partial charge on any atom is -0.493 e. The molecule has 3 rings (SSSR count). The number of aromatic nitrogens is 1. The molecule has 8 heteroatoms. The van der Waals surface area contributed by atoms with Gasteiger partial charge in [0.25, 0.3) is 0 Å². The molecule has 0 bridgehead atoms. The molecule has 164 valence electrons. The lowest BCUT2D eigenvalue weighted by atomic mass is 9.98. The molecule has 3 aromatic rings. The Morgan fingerprint density at radius 3 is 2.65 bits per heavy atom. The highest BCUT2D eigenvalue weighted by Gasteiger charge is 2.19. The smallest absolute Gasteiger partial charge is 0.350 e. The Morgan fingerprint density at radius 2 is 1.97 bits per heavy atom. The number of rotatable bonds is 7. The van der Waals surface area contributed by atoms with Gasteiger partial charge in [0, 0.05) is 22.6 Å². The van der Waals surface area contributed by atoms with Gasteiger partial charge in [-0.1, -0.05) is 11.3 Å². The molecular formula is C23H26N2O5S. The van der Waals surface area contributed by atoms with Gasteiger partial charge >= 0.3 is 5.97 Å². The van der Waals surface area contributed by atoms with Crippen LogP contribution in [-0.4, -0.2) is 30.1 Å². The molecule has 0 spiro atoms. The maximum atomic E-state index is 12.7. The molecule has 1 aromatic carbocycles. The summed E-state index contributed by atoms with van der Waals surface area (Å²) in [5.41, 5.74) is 4.79. The zero-order chi connectivity index (χ0) is 22.7. The summed E-state index contributed by atoms with van der Waals surface area (Å²) in [5.74, 6) is -0.0864. The first-order chi connectivity index (χ1) is 14.8. The van der Waals surface area contributed by atoms with E-state index in [4.69, 9.17) is 13.9 Å². The highest BCUT2D eigenvalue weighted by atomic mass is 32.1. The van der Waals surface area contributed by atoms with Crippen LogP contribution in [0.1, 0.15) is 52.8 Å². The van der Waals surface area contributed by atoms with E-state index in [9.17, 15) is 9.59 Å². The van der Waals surface area contributed by atoms with Gasteiger partial charge in [0.2, 0.25) is 5.91 Å². The summed E-state index contributed by atoms with van der Waals surface area (Å²) in [5, 5.41) is 4.06. The standard InChI is InChI=1S/C23H26N2O5S/c1-7-28-19-14(5)20-17(13(4)11-30-20)10-16(19)12(3)9-18(26)25-23-24-15(6)21(31-23)22(27)29-8-2/h9-11H,7-8H2,1-6H3,(H,24,25,26)/b12-9+. The minimum atomic E-state index is -0.440. The summed E-state index contributed by atoms with van der Waals surface area (Å²) in [6.45, 7) is 11.9. The number of hydrogen-bond donors (Lipinski definition) is 1. The molecule has 2 heterocycles. The van der Waals surface area contributed by atoms with Crippen LogP contribution < -0.4 is 10.1 Å². The van der Waals surface area contributed by atoms with E-state index in [0.717, 1.165) is 44.6 Å². The number of nitrogens with zero attached hydrogens (tertiary/aromatic N) is 1. The molecular weight excluding hydrogens is 416 g/mol. The Labute approximate surface area is 185 Å². The number of thiazole rings is 1. The Bertz CT molecular complexity index is 1170. The number of ether oxygens (including phenoxy) is 2. The van der Waals surface area contributed by atoms with Gasteiger partial charge in [-0.3, -0.25) is 10.1 Å². The highest BCUT2D eigenvalue weighted by Crippen LogP contribution is 2.37. The number of anilines is 1. The lowest BCUT2D eigenvalue weighted by molar-refractivity contribution is -0.111. The number of aryl methyl sites for hydroxylation is 3. The zero-order valence-electron chi connectivity index (χ0n) is 18.5. The molecule has 1 amide bonds. The number of benzene rings is 1. The van der Waals surface area contributed by atoms with Gasteiger partial charge in [-0.2, -0.15) is 0 Å². The Kier molecular flexibility index (Phi) is 6.80. The Balaban J connectivity index is 1.90. The maximum Gasteiger partial charge on any atom is 0.350 e. The van der Waals surface area contributed by atoms with Gasteiger partial charge in [0.1, 0.15) is 16.2 Å². The molecule has 1 N–H and O–H groups in total. The first kappa shape index (κ1) is 22.6. The fraction of sp³-hybridized carbons (Fsp3) is 0.348. The monoisotopic (exact) mass is 442 g/mol. The van der Waals surface area contributed by atoms with Crippen molar-refractivity contribution in [3.63, 3.8) is 0 Å². The van der Waals surface area contributed by atoms with Crippen molar-refractivity contribution in [2.75, 3.05) is 18.5 Å². The lowest BCUT2D eigenvalue weighted by Gasteiger charge is -2.14. The van der Waals surface area contributed by atoms with Crippen LogP contribution in [0.5, 0.6) is 5.75 Å². The number of esters is 1. The largest absolute Gasteiger partial charge is 0.493 e. The summed E-state index contributed by atoms with van der Waals surface area (Å²) in [6, 6.07) is 1.98. The molecule has 0 aliphatic carbocycles. The number of amides is 1. The molecule has 0 aliphatic heterocycles. The molecule has 31 heavy (non-hydrogen) atoms. The predicted molar refractivity (Wildman–Crippen MR) is 122 cm³/mol. The van der Waals surface area contributed by atoms with Crippen LogP contribution in [0.2, 0.25) is 0 Å². The summed E-state index contributed by atoms with van der Waals surface area (Å²) in [4.78, 5) is 29.3. The maximum absolute atomic E-state index is 12.7. The molecule has 0 aliphatic rings. The average molecular weight is 443 g/mol. The molecule has 0 saturated carbocycles. The summed E-state index contributed by atoms with van der Waals surface area (Å²) in [7, 11) is 0. The second kappa shape index (κ2) is 9.34. The highest BCUT2D eigenvalue weighted by molar-refractivity contribution is 7.17. The van der Waals surface area contributed by atoms with Gasteiger partial charge in [-0.25, -0.2) is 9.78 Å². The van der Waals surface area contributed by atoms with Gasteiger partial charge in [0.15, 0.2) is 5.13 Å². The van der Waals surface area contributed by atoms with Crippen molar-refractivity contribution >= 4 is 44.9 Å². The van der Waals surface area contributed by atoms with Gasteiger partial charge < -0.3 is 13.9 Å². The number of furan rings is 1. The molecule has 0 fully saturated rings. The van der Waals surface area contributed by atoms with E-state index in [1.54, 1.807) is 20.1 Å². The molecule has 0 saturated heterocycles.